The molecular weight excluding hydrogens is 344 g/mol. The average Bonchev–Trinajstić information content (AvgIpc) is 3.20. The zero-order chi connectivity index (χ0) is 18.0. The first-order chi connectivity index (χ1) is 12.1. The minimum Gasteiger partial charge on any atom is -0.381 e. The number of rotatable bonds is 10. The van der Waals surface area contributed by atoms with E-state index in [2.05, 4.69) is 15.6 Å². The Morgan fingerprint density at radius 2 is 2.28 bits per heavy atom. The van der Waals surface area contributed by atoms with Crippen LogP contribution in [0.25, 0.3) is 0 Å². The van der Waals surface area contributed by atoms with Crippen LogP contribution in [0, 0.1) is 5.92 Å². The van der Waals surface area contributed by atoms with E-state index in [1.807, 2.05) is 6.92 Å². The van der Waals surface area contributed by atoms with E-state index in [9.17, 15) is 8.42 Å². The molecule has 9 heteroatoms. The largest absolute Gasteiger partial charge is 0.381 e. The van der Waals surface area contributed by atoms with Crippen molar-refractivity contribution in [2.75, 3.05) is 64.9 Å². The third kappa shape index (κ3) is 7.47. The van der Waals surface area contributed by atoms with Gasteiger partial charge in [-0.3, -0.25) is 4.99 Å². The number of nitrogens with one attached hydrogen (secondary N) is 2. The zero-order valence-electron chi connectivity index (χ0n) is 15.2. The summed E-state index contributed by atoms with van der Waals surface area (Å²) < 4.78 is 36.1. The van der Waals surface area contributed by atoms with Crippen molar-refractivity contribution >= 4 is 16.0 Å². The summed E-state index contributed by atoms with van der Waals surface area (Å²) in [6.07, 6.45) is 2.69. The normalized spacial score (nSPS) is 23.9. The first-order valence-electron chi connectivity index (χ1n) is 9.27. The maximum absolute atomic E-state index is 11.8. The maximum atomic E-state index is 11.8. The van der Waals surface area contributed by atoms with Gasteiger partial charge in [-0.25, -0.2) is 12.7 Å². The summed E-state index contributed by atoms with van der Waals surface area (Å²) in [5.74, 6) is 1.54. The lowest BCUT2D eigenvalue weighted by atomic mass is 10.1. The minimum atomic E-state index is -3.02. The number of nitrogens with zero attached hydrogens (tertiary/aromatic N) is 2. The van der Waals surface area contributed by atoms with E-state index in [1.165, 1.54) is 0 Å². The molecular formula is C16H32N4O4S. The molecule has 0 spiro atoms. The highest BCUT2D eigenvalue weighted by atomic mass is 32.2. The molecule has 2 rings (SSSR count). The molecule has 0 bridgehead atoms. The van der Waals surface area contributed by atoms with Gasteiger partial charge >= 0.3 is 0 Å². The van der Waals surface area contributed by atoms with E-state index in [-0.39, 0.29) is 5.75 Å². The van der Waals surface area contributed by atoms with E-state index >= 15 is 0 Å². The summed E-state index contributed by atoms with van der Waals surface area (Å²) in [5, 5.41) is 6.37. The van der Waals surface area contributed by atoms with E-state index in [0.29, 0.717) is 38.7 Å². The van der Waals surface area contributed by atoms with Gasteiger partial charge in [0.1, 0.15) is 0 Å². The second-order valence-electron chi connectivity index (χ2n) is 6.41. The van der Waals surface area contributed by atoms with E-state index in [1.54, 1.807) is 4.31 Å². The number of guanidine groups is 1. The average molecular weight is 377 g/mol. The molecule has 0 aliphatic carbocycles. The Kier molecular flexibility index (Phi) is 8.94. The Morgan fingerprint density at radius 1 is 1.40 bits per heavy atom. The van der Waals surface area contributed by atoms with Crippen molar-refractivity contribution in [3.05, 3.63) is 0 Å². The quantitative estimate of drug-likeness (QED) is 0.317. The van der Waals surface area contributed by atoms with Crippen LogP contribution in [0.5, 0.6) is 0 Å². The van der Waals surface area contributed by atoms with Crippen molar-refractivity contribution in [3.8, 4) is 0 Å². The predicted octanol–water partition coefficient (Wildman–Crippen LogP) is 0.0202. The Labute approximate surface area is 151 Å². The van der Waals surface area contributed by atoms with Crippen LogP contribution in [0.1, 0.15) is 26.2 Å². The summed E-state index contributed by atoms with van der Waals surface area (Å²) >= 11 is 0. The second kappa shape index (κ2) is 10.9. The molecule has 1 atom stereocenters. The fourth-order valence-corrected chi connectivity index (χ4v) is 4.43. The smallest absolute Gasteiger partial charge is 0.214 e. The number of aliphatic imine (C=N–C) groups is 1. The van der Waals surface area contributed by atoms with Crippen LogP contribution in [-0.4, -0.2) is 83.6 Å². The predicted molar refractivity (Wildman–Crippen MR) is 98.3 cm³/mol. The highest BCUT2D eigenvalue weighted by Crippen LogP contribution is 2.12. The van der Waals surface area contributed by atoms with Crippen LogP contribution < -0.4 is 10.6 Å². The van der Waals surface area contributed by atoms with Gasteiger partial charge in [-0.2, -0.15) is 0 Å². The summed E-state index contributed by atoms with van der Waals surface area (Å²) in [5.41, 5.74) is 0. The summed E-state index contributed by atoms with van der Waals surface area (Å²) in [4.78, 5) is 4.51. The van der Waals surface area contributed by atoms with Gasteiger partial charge in [0.05, 0.1) is 19.0 Å². The van der Waals surface area contributed by atoms with Crippen molar-refractivity contribution in [1.82, 2.24) is 14.9 Å². The first kappa shape index (κ1) is 20.4. The van der Waals surface area contributed by atoms with Gasteiger partial charge in [-0.15, -0.1) is 0 Å². The first-order valence-corrected chi connectivity index (χ1v) is 10.9. The monoisotopic (exact) mass is 376 g/mol. The number of sulfonamides is 1. The van der Waals surface area contributed by atoms with E-state index in [0.717, 1.165) is 51.6 Å². The molecule has 8 nitrogen and oxygen atoms in total. The number of hydrogen-bond acceptors (Lipinski definition) is 5. The van der Waals surface area contributed by atoms with Gasteiger partial charge in [0.15, 0.2) is 5.96 Å². The van der Waals surface area contributed by atoms with Crippen molar-refractivity contribution in [3.63, 3.8) is 0 Å². The van der Waals surface area contributed by atoms with Crippen LogP contribution in [0.15, 0.2) is 4.99 Å². The molecule has 0 amide bonds. The van der Waals surface area contributed by atoms with Crippen molar-refractivity contribution in [2.45, 2.75) is 26.2 Å². The standard InChI is InChI=1S/C16H32N4O4S/c1-2-17-16(19-7-9-20-8-4-12-25(20,21)22)18-6-3-10-23-13-15-5-11-24-14-15/h15H,2-14H2,1H3,(H2,17,18,19). The highest BCUT2D eigenvalue weighted by molar-refractivity contribution is 7.89. The van der Waals surface area contributed by atoms with Gasteiger partial charge < -0.3 is 20.1 Å². The number of hydrogen-bond donors (Lipinski definition) is 2. The van der Waals surface area contributed by atoms with Crippen molar-refractivity contribution in [2.24, 2.45) is 10.9 Å². The molecule has 25 heavy (non-hydrogen) atoms. The molecule has 0 saturated carbocycles. The molecule has 0 radical (unpaired) electrons. The van der Waals surface area contributed by atoms with Crippen LogP contribution in [0.4, 0.5) is 0 Å². The molecule has 2 N–H and O–H groups in total. The molecule has 146 valence electrons. The lowest BCUT2D eigenvalue weighted by Gasteiger charge is -2.16. The molecule has 0 aromatic carbocycles. The molecule has 0 aromatic heterocycles. The second-order valence-corrected chi connectivity index (χ2v) is 8.50. The summed E-state index contributed by atoms with van der Waals surface area (Å²) in [7, 11) is -3.02. The minimum absolute atomic E-state index is 0.272. The Bertz CT molecular complexity index is 506. The summed E-state index contributed by atoms with van der Waals surface area (Å²) in [6, 6.07) is 0. The molecule has 1 unspecified atom stereocenters. The van der Waals surface area contributed by atoms with Gasteiger partial charge in [0, 0.05) is 51.9 Å². The van der Waals surface area contributed by atoms with Gasteiger partial charge in [-0.1, -0.05) is 0 Å². The Balaban J connectivity index is 1.58. The van der Waals surface area contributed by atoms with E-state index in [4.69, 9.17) is 9.47 Å². The van der Waals surface area contributed by atoms with Gasteiger partial charge in [0.2, 0.25) is 10.0 Å². The van der Waals surface area contributed by atoms with E-state index < -0.39 is 10.0 Å². The molecule has 0 aromatic rings. The zero-order valence-corrected chi connectivity index (χ0v) is 16.0. The maximum Gasteiger partial charge on any atom is 0.214 e. The Hall–Kier alpha value is -0.900. The SMILES string of the molecule is CCNC(=NCCCOCC1CCOC1)NCCN1CCCS1(=O)=O. The summed E-state index contributed by atoms with van der Waals surface area (Å²) in [6.45, 7) is 8.27. The molecule has 2 saturated heterocycles. The van der Waals surface area contributed by atoms with Crippen LogP contribution in [-0.2, 0) is 19.5 Å². The Morgan fingerprint density at radius 3 is 2.96 bits per heavy atom. The van der Waals surface area contributed by atoms with Crippen LogP contribution in [0.2, 0.25) is 0 Å². The van der Waals surface area contributed by atoms with Gasteiger partial charge in [0.25, 0.3) is 0 Å². The molecule has 2 aliphatic heterocycles. The van der Waals surface area contributed by atoms with Crippen molar-refractivity contribution < 1.29 is 17.9 Å². The number of ether oxygens (including phenoxy) is 2. The molecule has 2 heterocycles. The van der Waals surface area contributed by atoms with Gasteiger partial charge in [-0.05, 0) is 26.2 Å². The fraction of sp³-hybridized carbons (Fsp3) is 0.938. The van der Waals surface area contributed by atoms with Crippen LogP contribution in [0.3, 0.4) is 0 Å². The third-order valence-corrected chi connectivity index (χ3v) is 6.25. The molecule has 2 fully saturated rings. The molecule has 2 aliphatic rings. The van der Waals surface area contributed by atoms with Crippen LogP contribution >= 0.6 is 0 Å². The third-order valence-electron chi connectivity index (χ3n) is 4.30. The van der Waals surface area contributed by atoms with Crippen molar-refractivity contribution in [1.29, 1.82) is 0 Å². The lowest BCUT2D eigenvalue weighted by molar-refractivity contribution is 0.0893. The topological polar surface area (TPSA) is 92.3 Å². The highest BCUT2D eigenvalue weighted by Gasteiger charge is 2.27. The lowest BCUT2D eigenvalue weighted by Crippen LogP contribution is -2.42. The fourth-order valence-electron chi connectivity index (χ4n) is 2.91.